The van der Waals surface area contributed by atoms with Crippen molar-refractivity contribution in [2.75, 3.05) is 35.2 Å². The summed E-state index contributed by atoms with van der Waals surface area (Å²) in [5.41, 5.74) is 2.01. The molecular weight excluding hydrogens is 460 g/mol. The van der Waals surface area contributed by atoms with Gasteiger partial charge in [0, 0.05) is 53.5 Å². The number of carbonyl (C=O) groups is 2. The molecular formula is C23H23ClN6O2S. The van der Waals surface area contributed by atoms with E-state index in [-0.39, 0.29) is 17.3 Å². The molecule has 1 aliphatic heterocycles. The molecule has 2 amide bonds. The number of amides is 2. The molecule has 170 valence electrons. The first-order chi connectivity index (χ1) is 15.9. The highest BCUT2D eigenvalue weighted by Crippen LogP contribution is 2.20. The lowest BCUT2D eigenvalue weighted by Gasteiger charge is -2.28. The Bertz CT molecular complexity index is 1170. The summed E-state index contributed by atoms with van der Waals surface area (Å²) < 4.78 is 1.44. The average Bonchev–Trinajstić information content (AvgIpc) is 3.20. The maximum atomic E-state index is 12.9. The van der Waals surface area contributed by atoms with Crippen LogP contribution in [0, 0.1) is 5.41 Å². The molecule has 0 aliphatic carbocycles. The molecule has 2 aromatic carbocycles. The summed E-state index contributed by atoms with van der Waals surface area (Å²) in [7, 11) is 1.65. The maximum Gasteiger partial charge on any atom is 0.261 e. The Morgan fingerprint density at radius 3 is 2.27 bits per heavy atom. The second-order valence-corrected chi connectivity index (χ2v) is 9.13. The average molecular weight is 483 g/mol. The van der Waals surface area contributed by atoms with Crippen molar-refractivity contribution in [1.29, 1.82) is 5.41 Å². The lowest BCUT2D eigenvalue weighted by Crippen LogP contribution is -2.37. The molecule has 3 aromatic rings. The molecule has 1 aromatic heterocycles. The van der Waals surface area contributed by atoms with Gasteiger partial charge in [-0.1, -0.05) is 23.7 Å². The van der Waals surface area contributed by atoms with Crippen molar-refractivity contribution in [2.24, 2.45) is 7.05 Å². The molecule has 1 fully saturated rings. The van der Waals surface area contributed by atoms with E-state index in [1.54, 1.807) is 55.6 Å². The Labute approximate surface area is 200 Å². The number of anilines is 2. The van der Waals surface area contributed by atoms with Gasteiger partial charge in [0.2, 0.25) is 0 Å². The number of hydrogen-bond acceptors (Lipinski definition) is 5. The van der Waals surface area contributed by atoms with Crippen LogP contribution >= 0.6 is 23.4 Å². The minimum absolute atomic E-state index is 0.238. The summed E-state index contributed by atoms with van der Waals surface area (Å²) in [6, 6.07) is 13.6. The predicted molar refractivity (Wildman–Crippen MR) is 133 cm³/mol. The second kappa shape index (κ2) is 10.1. The molecule has 1 saturated heterocycles. The molecule has 2 heterocycles. The van der Waals surface area contributed by atoms with Gasteiger partial charge in [-0.05, 0) is 36.4 Å². The molecule has 1 aliphatic rings. The number of nitrogens with zero attached hydrogens (tertiary/aromatic N) is 3. The zero-order chi connectivity index (χ0) is 23.4. The zero-order valence-electron chi connectivity index (χ0n) is 18.0. The molecule has 8 nitrogen and oxygen atoms in total. The Morgan fingerprint density at radius 1 is 0.970 bits per heavy atom. The summed E-state index contributed by atoms with van der Waals surface area (Å²) in [6.07, 6.45) is 1.40. The SMILES string of the molecule is Cn1ncc(C(=O)Nc2ccc(Cl)cc2)c1NC(=O)c1ccc(C(=N)N2CCSCC2)cc1. The Balaban J connectivity index is 1.45. The Kier molecular flexibility index (Phi) is 7.00. The van der Waals surface area contributed by atoms with Crippen molar-refractivity contribution in [3.8, 4) is 0 Å². The fourth-order valence-electron chi connectivity index (χ4n) is 3.41. The number of halogens is 1. The number of carbonyl (C=O) groups excluding carboxylic acids is 2. The first-order valence-corrected chi connectivity index (χ1v) is 11.9. The van der Waals surface area contributed by atoms with Crippen LogP contribution in [0.2, 0.25) is 5.02 Å². The minimum Gasteiger partial charge on any atom is -0.355 e. The van der Waals surface area contributed by atoms with Crippen molar-refractivity contribution in [3.05, 3.63) is 76.4 Å². The van der Waals surface area contributed by atoms with Crippen molar-refractivity contribution < 1.29 is 9.59 Å². The number of benzene rings is 2. The van der Waals surface area contributed by atoms with Crippen LogP contribution in [-0.2, 0) is 7.05 Å². The Hall–Kier alpha value is -3.30. The van der Waals surface area contributed by atoms with Crippen LogP contribution in [0.3, 0.4) is 0 Å². The summed E-state index contributed by atoms with van der Waals surface area (Å²) in [5, 5.41) is 18.6. The predicted octanol–water partition coefficient (Wildman–Crippen LogP) is 3.95. The van der Waals surface area contributed by atoms with Crippen molar-refractivity contribution in [2.45, 2.75) is 0 Å². The van der Waals surface area contributed by atoms with Gasteiger partial charge in [-0.2, -0.15) is 16.9 Å². The largest absolute Gasteiger partial charge is 0.355 e. The van der Waals surface area contributed by atoms with Crippen LogP contribution in [0.4, 0.5) is 11.5 Å². The highest BCUT2D eigenvalue weighted by atomic mass is 35.5. The third-order valence-corrected chi connectivity index (χ3v) is 6.46. The van der Waals surface area contributed by atoms with Crippen LogP contribution in [0.1, 0.15) is 26.3 Å². The molecule has 0 spiro atoms. The number of aryl methyl sites for hydroxylation is 1. The highest BCUT2D eigenvalue weighted by Gasteiger charge is 2.20. The summed E-state index contributed by atoms with van der Waals surface area (Å²) in [6.45, 7) is 1.71. The van der Waals surface area contributed by atoms with Gasteiger partial charge in [0.25, 0.3) is 11.8 Å². The Morgan fingerprint density at radius 2 is 1.61 bits per heavy atom. The van der Waals surface area contributed by atoms with Crippen LogP contribution in [-0.4, -0.2) is 56.9 Å². The van der Waals surface area contributed by atoms with Crippen molar-refractivity contribution >= 4 is 52.5 Å². The van der Waals surface area contributed by atoms with Gasteiger partial charge in [-0.25, -0.2) is 0 Å². The van der Waals surface area contributed by atoms with Crippen LogP contribution < -0.4 is 10.6 Å². The first-order valence-electron chi connectivity index (χ1n) is 10.3. The van der Waals surface area contributed by atoms with Gasteiger partial charge in [0.15, 0.2) is 0 Å². The van der Waals surface area contributed by atoms with E-state index in [4.69, 9.17) is 17.0 Å². The number of nitrogens with one attached hydrogen (secondary N) is 3. The maximum absolute atomic E-state index is 12.9. The molecule has 0 radical (unpaired) electrons. The van der Waals surface area contributed by atoms with Crippen LogP contribution in [0.5, 0.6) is 0 Å². The molecule has 0 saturated carbocycles. The summed E-state index contributed by atoms with van der Waals surface area (Å²) >= 11 is 7.78. The zero-order valence-corrected chi connectivity index (χ0v) is 19.5. The van der Waals surface area contributed by atoms with E-state index in [9.17, 15) is 9.59 Å². The fourth-order valence-corrected chi connectivity index (χ4v) is 4.44. The monoisotopic (exact) mass is 482 g/mol. The van der Waals surface area contributed by atoms with Gasteiger partial charge < -0.3 is 15.5 Å². The number of rotatable bonds is 5. The van der Waals surface area contributed by atoms with Crippen LogP contribution in [0.25, 0.3) is 0 Å². The summed E-state index contributed by atoms with van der Waals surface area (Å²) in [4.78, 5) is 27.6. The molecule has 33 heavy (non-hydrogen) atoms. The number of aromatic nitrogens is 2. The molecule has 10 heteroatoms. The van der Waals surface area contributed by atoms with Crippen molar-refractivity contribution in [3.63, 3.8) is 0 Å². The smallest absolute Gasteiger partial charge is 0.261 e. The molecule has 4 rings (SSSR count). The van der Waals surface area contributed by atoms with E-state index < -0.39 is 5.91 Å². The lowest BCUT2D eigenvalue weighted by molar-refractivity contribution is 0.102. The van der Waals surface area contributed by atoms with E-state index >= 15 is 0 Å². The molecule has 3 N–H and O–H groups in total. The van der Waals surface area contributed by atoms with E-state index in [1.807, 2.05) is 16.7 Å². The van der Waals surface area contributed by atoms with Gasteiger partial charge in [0.05, 0.1) is 6.20 Å². The van der Waals surface area contributed by atoms with Gasteiger partial charge in [0.1, 0.15) is 17.2 Å². The molecule has 0 atom stereocenters. The molecule has 0 unspecified atom stereocenters. The number of amidine groups is 1. The molecule has 0 bridgehead atoms. The van der Waals surface area contributed by atoms with Gasteiger partial charge in [-0.15, -0.1) is 0 Å². The summed E-state index contributed by atoms with van der Waals surface area (Å²) in [5.74, 6) is 2.02. The van der Waals surface area contributed by atoms with E-state index in [2.05, 4.69) is 15.7 Å². The first kappa shape index (κ1) is 22.9. The van der Waals surface area contributed by atoms with Gasteiger partial charge >= 0.3 is 0 Å². The number of hydrogen-bond donors (Lipinski definition) is 3. The highest BCUT2D eigenvalue weighted by molar-refractivity contribution is 7.99. The fraction of sp³-hybridized carbons (Fsp3) is 0.217. The van der Waals surface area contributed by atoms with E-state index in [0.29, 0.717) is 22.1 Å². The normalized spacial score (nSPS) is 13.5. The third kappa shape index (κ3) is 5.37. The third-order valence-electron chi connectivity index (χ3n) is 5.27. The van der Waals surface area contributed by atoms with Crippen LogP contribution in [0.15, 0.2) is 54.7 Å². The van der Waals surface area contributed by atoms with E-state index in [0.717, 1.165) is 30.2 Å². The number of thioether (sulfide) groups is 1. The van der Waals surface area contributed by atoms with E-state index in [1.165, 1.54) is 10.9 Å². The lowest BCUT2D eigenvalue weighted by atomic mass is 10.1. The standard InChI is InChI=1S/C23H23ClN6O2S/c1-29-21(19(14-26-29)23(32)27-18-8-6-17(24)7-9-18)28-22(31)16-4-2-15(3-5-16)20(25)30-10-12-33-13-11-30/h2-9,14,25H,10-13H2,1H3,(H,27,32)(H,28,31). The van der Waals surface area contributed by atoms with Crippen molar-refractivity contribution in [1.82, 2.24) is 14.7 Å². The minimum atomic E-state index is -0.399. The second-order valence-electron chi connectivity index (χ2n) is 7.47. The topological polar surface area (TPSA) is 103 Å². The van der Waals surface area contributed by atoms with Gasteiger partial charge in [-0.3, -0.25) is 19.7 Å². The quantitative estimate of drug-likeness (QED) is 0.377.